The van der Waals surface area contributed by atoms with E-state index >= 15 is 0 Å². The third-order valence-corrected chi connectivity index (χ3v) is 3.86. The molecular weight excluding hydrogens is 238 g/mol. The van der Waals surface area contributed by atoms with Crippen molar-refractivity contribution in [2.24, 2.45) is 5.92 Å². The summed E-state index contributed by atoms with van der Waals surface area (Å²) in [4.78, 5) is 4.56. The molecule has 1 fully saturated rings. The number of aromatic nitrogens is 2. The van der Waals surface area contributed by atoms with Crippen LogP contribution in [0.4, 0.5) is 0 Å². The molecule has 0 atom stereocenters. The van der Waals surface area contributed by atoms with Gasteiger partial charge in [-0.05, 0) is 39.5 Å². The minimum atomic E-state index is 0.141. The van der Waals surface area contributed by atoms with E-state index in [4.69, 9.17) is 4.52 Å². The number of rotatable bonds is 4. The third-order valence-electron chi connectivity index (χ3n) is 3.86. The number of hydrogen-bond acceptors (Lipinski definition) is 4. The zero-order valence-electron chi connectivity index (χ0n) is 12.7. The van der Waals surface area contributed by atoms with Crippen LogP contribution in [-0.4, -0.2) is 22.2 Å². The maximum atomic E-state index is 5.36. The highest BCUT2D eigenvalue weighted by Crippen LogP contribution is 2.33. The molecule has 1 aromatic heterocycles. The lowest BCUT2D eigenvalue weighted by Gasteiger charge is -2.23. The minimum Gasteiger partial charge on any atom is -0.339 e. The van der Waals surface area contributed by atoms with Gasteiger partial charge in [-0.3, -0.25) is 0 Å². The molecule has 4 heteroatoms. The van der Waals surface area contributed by atoms with E-state index in [-0.39, 0.29) is 5.54 Å². The van der Waals surface area contributed by atoms with Crippen molar-refractivity contribution in [1.29, 1.82) is 0 Å². The topological polar surface area (TPSA) is 51.0 Å². The zero-order valence-corrected chi connectivity index (χ0v) is 12.7. The summed E-state index contributed by atoms with van der Waals surface area (Å²) in [6.07, 6.45) is 5.81. The molecule has 1 N–H and O–H groups in total. The summed E-state index contributed by atoms with van der Waals surface area (Å²) < 4.78 is 5.36. The van der Waals surface area contributed by atoms with Gasteiger partial charge in [-0.2, -0.15) is 4.98 Å². The van der Waals surface area contributed by atoms with Gasteiger partial charge in [-0.25, -0.2) is 0 Å². The summed E-state index contributed by atoms with van der Waals surface area (Å²) in [7, 11) is 0. The van der Waals surface area contributed by atoms with Gasteiger partial charge in [-0.1, -0.05) is 24.9 Å². The number of hydrogen-bond donors (Lipinski definition) is 1. The molecule has 1 aliphatic rings. The molecule has 0 radical (unpaired) electrons. The Bertz CT molecular complexity index is 386. The molecule has 0 unspecified atom stereocenters. The van der Waals surface area contributed by atoms with Crippen LogP contribution in [0.5, 0.6) is 0 Å². The lowest BCUT2D eigenvalue weighted by molar-refractivity contribution is 0.322. The predicted octanol–water partition coefficient (Wildman–Crippen LogP) is 3.29. The molecule has 1 aromatic rings. The molecule has 0 spiro atoms. The summed E-state index contributed by atoms with van der Waals surface area (Å²) in [5, 5.41) is 7.60. The van der Waals surface area contributed by atoms with Crippen molar-refractivity contribution >= 4 is 0 Å². The van der Waals surface area contributed by atoms with Crippen molar-refractivity contribution in [1.82, 2.24) is 15.5 Å². The van der Waals surface area contributed by atoms with E-state index < -0.39 is 0 Å². The minimum absolute atomic E-state index is 0.141. The molecule has 0 amide bonds. The molecule has 0 aromatic carbocycles. The molecule has 1 heterocycles. The van der Waals surface area contributed by atoms with Gasteiger partial charge in [0, 0.05) is 24.4 Å². The lowest BCUT2D eigenvalue weighted by atomic mass is 9.83. The molecule has 0 saturated heterocycles. The zero-order chi connectivity index (χ0) is 13.9. The summed E-state index contributed by atoms with van der Waals surface area (Å²) in [6.45, 7) is 9.70. The average Bonchev–Trinajstić information content (AvgIpc) is 2.77. The fraction of sp³-hybridized carbons (Fsp3) is 0.867. The largest absolute Gasteiger partial charge is 0.339 e. The van der Waals surface area contributed by atoms with Crippen molar-refractivity contribution in [3.63, 3.8) is 0 Å². The van der Waals surface area contributed by atoms with Gasteiger partial charge in [0.15, 0.2) is 5.82 Å². The standard InChI is InChI=1S/C15H27N3O/c1-11-5-7-12(8-6-11)14-17-13(19-18-14)9-10-16-15(2,3)4/h11-12,16H,5-10H2,1-4H3. The molecule has 1 saturated carbocycles. The van der Waals surface area contributed by atoms with E-state index in [1.165, 1.54) is 25.7 Å². The van der Waals surface area contributed by atoms with E-state index in [0.29, 0.717) is 5.92 Å². The van der Waals surface area contributed by atoms with Crippen LogP contribution >= 0.6 is 0 Å². The Kier molecular flexibility index (Phi) is 4.61. The van der Waals surface area contributed by atoms with Crippen LogP contribution in [0.3, 0.4) is 0 Å². The van der Waals surface area contributed by atoms with Crippen molar-refractivity contribution in [2.75, 3.05) is 6.54 Å². The highest BCUT2D eigenvalue weighted by atomic mass is 16.5. The van der Waals surface area contributed by atoms with Crippen LogP contribution in [-0.2, 0) is 6.42 Å². The summed E-state index contributed by atoms with van der Waals surface area (Å²) in [5.74, 6) is 3.07. The smallest absolute Gasteiger partial charge is 0.227 e. The Hall–Kier alpha value is -0.900. The average molecular weight is 265 g/mol. The van der Waals surface area contributed by atoms with Gasteiger partial charge in [0.05, 0.1) is 0 Å². The van der Waals surface area contributed by atoms with Gasteiger partial charge in [-0.15, -0.1) is 0 Å². The first kappa shape index (κ1) is 14.5. The van der Waals surface area contributed by atoms with Crippen molar-refractivity contribution in [3.05, 3.63) is 11.7 Å². The van der Waals surface area contributed by atoms with Crippen LogP contribution in [0.2, 0.25) is 0 Å². The molecule has 0 aliphatic heterocycles. The van der Waals surface area contributed by atoms with E-state index in [1.807, 2.05) is 0 Å². The Morgan fingerprint density at radius 3 is 2.53 bits per heavy atom. The molecule has 19 heavy (non-hydrogen) atoms. The maximum absolute atomic E-state index is 5.36. The van der Waals surface area contributed by atoms with Crippen LogP contribution in [0.15, 0.2) is 4.52 Å². The van der Waals surface area contributed by atoms with E-state index in [2.05, 4.69) is 43.2 Å². The van der Waals surface area contributed by atoms with Crippen molar-refractivity contribution in [3.8, 4) is 0 Å². The van der Waals surface area contributed by atoms with Gasteiger partial charge in [0.25, 0.3) is 0 Å². The lowest BCUT2D eigenvalue weighted by Crippen LogP contribution is -2.37. The first-order valence-corrected chi connectivity index (χ1v) is 7.51. The highest BCUT2D eigenvalue weighted by Gasteiger charge is 2.23. The van der Waals surface area contributed by atoms with Gasteiger partial charge < -0.3 is 9.84 Å². The molecular formula is C15H27N3O. The first-order valence-electron chi connectivity index (χ1n) is 7.51. The van der Waals surface area contributed by atoms with Crippen LogP contribution in [0, 0.1) is 5.92 Å². The first-order chi connectivity index (χ1) is 8.94. The van der Waals surface area contributed by atoms with Crippen LogP contribution in [0.25, 0.3) is 0 Å². The number of nitrogens with zero attached hydrogens (tertiary/aromatic N) is 2. The summed E-state index contributed by atoms with van der Waals surface area (Å²) >= 11 is 0. The fourth-order valence-electron chi connectivity index (χ4n) is 2.60. The van der Waals surface area contributed by atoms with Gasteiger partial charge in [0.2, 0.25) is 5.89 Å². The number of nitrogens with one attached hydrogen (secondary N) is 1. The SMILES string of the molecule is CC1CCC(c2noc(CCNC(C)(C)C)n2)CC1. The molecule has 108 valence electrons. The van der Waals surface area contributed by atoms with Crippen LogP contribution < -0.4 is 5.32 Å². The quantitative estimate of drug-likeness (QED) is 0.907. The van der Waals surface area contributed by atoms with E-state index in [9.17, 15) is 0 Å². The second-order valence-corrected chi connectivity index (χ2v) is 6.93. The second kappa shape index (κ2) is 6.04. The molecule has 4 nitrogen and oxygen atoms in total. The molecule has 2 rings (SSSR count). The van der Waals surface area contributed by atoms with E-state index in [0.717, 1.165) is 30.6 Å². The molecule has 0 bridgehead atoms. The van der Waals surface area contributed by atoms with Crippen LogP contribution in [0.1, 0.15) is 71.0 Å². The Balaban J connectivity index is 1.82. The molecule has 1 aliphatic carbocycles. The highest BCUT2D eigenvalue weighted by molar-refractivity contribution is 4.97. The Morgan fingerprint density at radius 1 is 1.21 bits per heavy atom. The van der Waals surface area contributed by atoms with Crippen molar-refractivity contribution in [2.45, 2.75) is 71.3 Å². The Labute approximate surface area is 116 Å². The monoisotopic (exact) mass is 265 g/mol. The maximum Gasteiger partial charge on any atom is 0.227 e. The summed E-state index contributed by atoms with van der Waals surface area (Å²) in [6, 6.07) is 0. The predicted molar refractivity (Wildman–Crippen MR) is 76.1 cm³/mol. The fourth-order valence-corrected chi connectivity index (χ4v) is 2.60. The normalized spacial score (nSPS) is 24.6. The van der Waals surface area contributed by atoms with Gasteiger partial charge in [0.1, 0.15) is 0 Å². The summed E-state index contributed by atoms with van der Waals surface area (Å²) in [5.41, 5.74) is 0.141. The van der Waals surface area contributed by atoms with Crippen molar-refractivity contribution < 1.29 is 4.52 Å². The third kappa shape index (κ3) is 4.60. The van der Waals surface area contributed by atoms with E-state index in [1.54, 1.807) is 0 Å². The Morgan fingerprint density at radius 2 is 1.89 bits per heavy atom. The second-order valence-electron chi connectivity index (χ2n) is 6.93. The van der Waals surface area contributed by atoms with Gasteiger partial charge >= 0.3 is 0 Å².